The van der Waals surface area contributed by atoms with Crippen LogP contribution < -0.4 is 15.5 Å². The summed E-state index contributed by atoms with van der Waals surface area (Å²) in [6, 6.07) is 10.9. The maximum absolute atomic E-state index is 13.1. The fourth-order valence-corrected chi connectivity index (χ4v) is 4.89. The van der Waals surface area contributed by atoms with Crippen LogP contribution in [0.25, 0.3) is 5.65 Å². The molecule has 1 aliphatic heterocycles. The number of piperidine rings is 1. The number of nitrogens with one attached hydrogen (secondary N) is 2. The first-order chi connectivity index (χ1) is 16.9. The summed E-state index contributed by atoms with van der Waals surface area (Å²) < 4.78 is 40.2. The van der Waals surface area contributed by atoms with Crippen LogP contribution in [0.4, 0.5) is 30.4 Å². The van der Waals surface area contributed by atoms with Gasteiger partial charge in [-0.25, -0.2) is 0 Å². The van der Waals surface area contributed by atoms with Crippen molar-refractivity contribution in [1.82, 2.24) is 19.8 Å². The van der Waals surface area contributed by atoms with Gasteiger partial charge in [-0.3, -0.25) is 4.79 Å². The van der Waals surface area contributed by atoms with E-state index in [-0.39, 0.29) is 17.5 Å². The van der Waals surface area contributed by atoms with Crippen LogP contribution in [0.5, 0.6) is 0 Å². The van der Waals surface area contributed by atoms with Gasteiger partial charge in [0.2, 0.25) is 5.91 Å². The zero-order valence-corrected chi connectivity index (χ0v) is 19.3. The highest BCUT2D eigenvalue weighted by atomic mass is 19.4. The van der Waals surface area contributed by atoms with Gasteiger partial charge in [0.15, 0.2) is 5.65 Å². The lowest BCUT2D eigenvalue weighted by Gasteiger charge is -2.32. The normalized spacial score (nSPS) is 17.7. The highest BCUT2D eigenvalue weighted by Crippen LogP contribution is 2.29. The average molecular weight is 488 g/mol. The second kappa shape index (κ2) is 9.71. The van der Waals surface area contributed by atoms with E-state index in [1.54, 1.807) is 6.07 Å². The molecule has 2 N–H and O–H groups in total. The van der Waals surface area contributed by atoms with Crippen LogP contribution in [-0.4, -0.2) is 45.4 Å². The fraction of sp³-hybridized carbons (Fsp3) is 0.500. The first-order valence-electron chi connectivity index (χ1n) is 12.1. The third kappa shape index (κ3) is 5.33. The van der Waals surface area contributed by atoms with E-state index in [0.29, 0.717) is 31.7 Å². The minimum absolute atomic E-state index is 0.0371. The molecule has 1 amide bonds. The molecule has 3 aromatic rings. The molecule has 2 aromatic heterocycles. The number of amides is 1. The van der Waals surface area contributed by atoms with Gasteiger partial charge in [-0.15, -0.1) is 15.3 Å². The Morgan fingerprint density at radius 1 is 0.943 bits per heavy atom. The molecule has 0 spiro atoms. The molecule has 11 heteroatoms. The van der Waals surface area contributed by atoms with E-state index >= 15 is 0 Å². The van der Waals surface area contributed by atoms with Crippen LogP contribution in [0.15, 0.2) is 36.4 Å². The van der Waals surface area contributed by atoms with E-state index in [2.05, 4.69) is 25.9 Å². The Balaban J connectivity index is 1.14. The van der Waals surface area contributed by atoms with Crippen molar-refractivity contribution in [2.45, 2.75) is 44.7 Å². The molecule has 8 nitrogen and oxygen atoms in total. The molecule has 5 rings (SSSR count). The third-order valence-electron chi connectivity index (χ3n) is 6.91. The lowest BCUT2D eigenvalue weighted by Crippen LogP contribution is -2.38. The number of carbonyl (C=O) groups excluding carboxylic acids is 1. The number of anilines is 3. The summed E-state index contributed by atoms with van der Waals surface area (Å²) in [5.74, 6) is -0.208. The zero-order valence-electron chi connectivity index (χ0n) is 19.3. The molecule has 1 saturated heterocycles. The molecule has 2 fully saturated rings. The van der Waals surface area contributed by atoms with Gasteiger partial charge in [0.1, 0.15) is 5.82 Å². The Morgan fingerprint density at radius 2 is 1.63 bits per heavy atom. The SMILES string of the molecule is O=C(Nc1ccc(NCC2CCCC2)cc1)C1CCN(c2ccc3nnc(C(F)(F)F)n3n2)CC1. The van der Waals surface area contributed by atoms with Crippen molar-refractivity contribution in [3.8, 4) is 0 Å². The third-order valence-corrected chi connectivity index (χ3v) is 6.91. The minimum Gasteiger partial charge on any atom is -0.385 e. The van der Waals surface area contributed by atoms with E-state index < -0.39 is 12.0 Å². The van der Waals surface area contributed by atoms with Gasteiger partial charge in [0.25, 0.3) is 5.82 Å². The quantitative estimate of drug-likeness (QED) is 0.529. The van der Waals surface area contributed by atoms with Crippen LogP contribution in [0.2, 0.25) is 0 Å². The zero-order chi connectivity index (χ0) is 24.4. The van der Waals surface area contributed by atoms with Crippen LogP contribution in [0, 0.1) is 11.8 Å². The largest absolute Gasteiger partial charge is 0.453 e. The van der Waals surface area contributed by atoms with E-state index in [4.69, 9.17) is 0 Å². The van der Waals surface area contributed by atoms with Gasteiger partial charge in [-0.05, 0) is 68.0 Å². The molecule has 1 aromatic carbocycles. The van der Waals surface area contributed by atoms with Crippen LogP contribution >= 0.6 is 0 Å². The highest BCUT2D eigenvalue weighted by molar-refractivity contribution is 5.92. The van der Waals surface area contributed by atoms with Crippen molar-refractivity contribution < 1.29 is 18.0 Å². The first kappa shape index (κ1) is 23.4. The molecule has 1 saturated carbocycles. The van der Waals surface area contributed by atoms with E-state index in [1.807, 2.05) is 29.2 Å². The molecule has 0 unspecified atom stereocenters. The molecule has 186 valence electrons. The van der Waals surface area contributed by atoms with Crippen LogP contribution in [0.1, 0.15) is 44.3 Å². The topological polar surface area (TPSA) is 87.5 Å². The Labute approximate surface area is 200 Å². The van der Waals surface area contributed by atoms with Crippen molar-refractivity contribution in [1.29, 1.82) is 0 Å². The number of hydrogen-bond acceptors (Lipinski definition) is 6. The maximum atomic E-state index is 13.1. The van der Waals surface area contributed by atoms with Crippen molar-refractivity contribution >= 4 is 28.7 Å². The second-order valence-corrected chi connectivity index (χ2v) is 9.34. The molecule has 1 aliphatic carbocycles. The number of alkyl halides is 3. The Hall–Kier alpha value is -3.37. The average Bonchev–Trinajstić information content (AvgIpc) is 3.53. The number of aromatic nitrogens is 4. The molecule has 3 heterocycles. The van der Waals surface area contributed by atoms with Gasteiger partial charge < -0.3 is 15.5 Å². The predicted molar refractivity (Wildman–Crippen MR) is 126 cm³/mol. The van der Waals surface area contributed by atoms with E-state index in [0.717, 1.165) is 28.4 Å². The molecule has 0 atom stereocenters. The minimum atomic E-state index is -4.64. The Morgan fingerprint density at radius 3 is 2.31 bits per heavy atom. The van der Waals surface area contributed by atoms with Crippen LogP contribution in [-0.2, 0) is 11.0 Å². The Kier molecular flexibility index (Phi) is 6.48. The molecule has 2 aliphatic rings. The van der Waals surface area contributed by atoms with Gasteiger partial charge in [-0.1, -0.05) is 12.8 Å². The number of benzene rings is 1. The smallest absolute Gasteiger partial charge is 0.385 e. The summed E-state index contributed by atoms with van der Waals surface area (Å²) in [7, 11) is 0. The standard InChI is InChI=1S/C24H28F3N7O/c25-24(26,27)23-31-30-20-9-10-21(32-34(20)23)33-13-11-17(12-14-33)22(35)29-19-7-5-18(6-8-19)28-15-16-3-1-2-4-16/h5-10,16-17,28H,1-4,11-15H2,(H,29,35). The van der Waals surface area contributed by atoms with Gasteiger partial charge in [0.05, 0.1) is 0 Å². The summed E-state index contributed by atoms with van der Waals surface area (Å²) in [4.78, 5) is 14.7. The molecule has 0 bridgehead atoms. The maximum Gasteiger partial charge on any atom is 0.453 e. The van der Waals surface area contributed by atoms with Crippen molar-refractivity contribution in [2.75, 3.05) is 35.2 Å². The number of rotatable bonds is 6. The number of fused-ring (bicyclic) bond motifs is 1. The van der Waals surface area contributed by atoms with Crippen LogP contribution in [0.3, 0.4) is 0 Å². The lowest BCUT2D eigenvalue weighted by molar-refractivity contribution is -0.146. The van der Waals surface area contributed by atoms with Gasteiger partial charge >= 0.3 is 6.18 Å². The monoisotopic (exact) mass is 487 g/mol. The van der Waals surface area contributed by atoms with E-state index in [9.17, 15) is 18.0 Å². The van der Waals surface area contributed by atoms with Gasteiger partial charge in [0, 0.05) is 36.9 Å². The van der Waals surface area contributed by atoms with E-state index in [1.165, 1.54) is 31.7 Å². The Bertz CT molecular complexity index is 1160. The first-order valence-corrected chi connectivity index (χ1v) is 12.1. The van der Waals surface area contributed by atoms with Crippen molar-refractivity contribution in [2.24, 2.45) is 11.8 Å². The molecular weight excluding hydrogens is 459 g/mol. The summed E-state index contributed by atoms with van der Waals surface area (Å²) >= 11 is 0. The number of carbonyl (C=O) groups is 1. The number of hydrogen-bond donors (Lipinski definition) is 2. The summed E-state index contributed by atoms with van der Waals surface area (Å²) in [6.07, 6.45) is 1.76. The summed E-state index contributed by atoms with van der Waals surface area (Å²) in [5, 5.41) is 17.3. The fourth-order valence-electron chi connectivity index (χ4n) is 4.89. The lowest BCUT2D eigenvalue weighted by atomic mass is 9.96. The molecule has 0 radical (unpaired) electrons. The van der Waals surface area contributed by atoms with Crippen molar-refractivity contribution in [3.63, 3.8) is 0 Å². The summed E-state index contributed by atoms with van der Waals surface area (Å²) in [6.45, 7) is 2.02. The van der Waals surface area contributed by atoms with Crippen molar-refractivity contribution in [3.05, 3.63) is 42.2 Å². The van der Waals surface area contributed by atoms with Gasteiger partial charge in [-0.2, -0.15) is 17.7 Å². The number of halogens is 3. The highest BCUT2D eigenvalue weighted by Gasteiger charge is 2.38. The molecule has 35 heavy (non-hydrogen) atoms. The predicted octanol–water partition coefficient (Wildman–Crippen LogP) is 4.60. The molecular formula is C24H28F3N7O. The summed E-state index contributed by atoms with van der Waals surface area (Å²) in [5.41, 5.74) is 1.84. The number of nitrogens with zero attached hydrogens (tertiary/aromatic N) is 5. The second-order valence-electron chi connectivity index (χ2n) is 9.34.